The number of rotatable bonds is 4. The van der Waals surface area contributed by atoms with Crippen LogP contribution in [0.1, 0.15) is 6.92 Å². The van der Waals surface area contributed by atoms with Crippen molar-refractivity contribution in [3.05, 3.63) is 0 Å². The van der Waals surface area contributed by atoms with Crippen LogP contribution >= 0.6 is 0 Å². The number of nitrogens with two attached hydrogens (primary N) is 1. The SMILES string of the molecule is C[C@H](O[C@@H]1[C@H](N)[C@H](O)O[C@H](CO)[C@@H]1O)C(=O)O. The van der Waals surface area contributed by atoms with Crippen molar-refractivity contribution in [1.29, 1.82) is 0 Å². The molecule has 1 aliphatic rings. The maximum atomic E-state index is 10.6. The van der Waals surface area contributed by atoms with E-state index in [4.69, 9.17) is 25.4 Å². The molecule has 0 amide bonds. The van der Waals surface area contributed by atoms with Crippen molar-refractivity contribution in [1.82, 2.24) is 0 Å². The van der Waals surface area contributed by atoms with E-state index in [-0.39, 0.29) is 0 Å². The van der Waals surface area contributed by atoms with Gasteiger partial charge in [-0.15, -0.1) is 0 Å². The molecule has 8 heteroatoms. The Bertz CT molecular complexity index is 274. The van der Waals surface area contributed by atoms with Gasteiger partial charge in [-0.25, -0.2) is 4.79 Å². The van der Waals surface area contributed by atoms with Crippen molar-refractivity contribution in [2.45, 2.75) is 43.7 Å². The van der Waals surface area contributed by atoms with Crippen molar-refractivity contribution in [2.75, 3.05) is 6.61 Å². The van der Waals surface area contributed by atoms with Gasteiger partial charge >= 0.3 is 5.97 Å². The highest BCUT2D eigenvalue weighted by atomic mass is 16.6. The predicted molar refractivity (Wildman–Crippen MR) is 53.9 cm³/mol. The van der Waals surface area contributed by atoms with Crippen LogP contribution in [0.2, 0.25) is 0 Å². The summed E-state index contributed by atoms with van der Waals surface area (Å²) in [5.74, 6) is -1.22. The molecule has 0 aliphatic carbocycles. The van der Waals surface area contributed by atoms with Gasteiger partial charge in [0.2, 0.25) is 0 Å². The minimum Gasteiger partial charge on any atom is -0.479 e. The molecule has 0 aromatic heterocycles. The molecule has 0 radical (unpaired) electrons. The fourth-order valence-corrected chi connectivity index (χ4v) is 1.57. The molecular formula is C9H17NO7. The normalized spacial score (nSPS) is 39.9. The Labute approximate surface area is 97.6 Å². The molecule has 0 spiro atoms. The summed E-state index contributed by atoms with van der Waals surface area (Å²) in [5, 5.41) is 36.8. The number of aliphatic hydroxyl groups is 3. The lowest BCUT2D eigenvalue weighted by Crippen LogP contribution is -2.63. The van der Waals surface area contributed by atoms with Crippen LogP contribution in [-0.4, -0.2) is 69.8 Å². The molecule has 1 fully saturated rings. The maximum absolute atomic E-state index is 10.6. The minimum atomic E-state index is -1.43. The number of carbonyl (C=O) groups is 1. The summed E-state index contributed by atoms with van der Waals surface area (Å²) in [7, 11) is 0. The standard InChI is InChI=1S/C9H17NO7/c1-3(8(13)14)16-7-5(10)9(15)17-4(2-11)6(7)12/h3-7,9,11-12,15H,2,10H2,1H3,(H,13,14)/t3-,4+,5-,6-,7+,9+/m0/s1. The second kappa shape index (κ2) is 5.71. The highest BCUT2D eigenvalue weighted by Crippen LogP contribution is 2.22. The monoisotopic (exact) mass is 251 g/mol. The van der Waals surface area contributed by atoms with E-state index >= 15 is 0 Å². The van der Waals surface area contributed by atoms with Gasteiger partial charge in [0.25, 0.3) is 0 Å². The van der Waals surface area contributed by atoms with Crippen LogP contribution in [0.25, 0.3) is 0 Å². The van der Waals surface area contributed by atoms with Gasteiger partial charge in [-0.1, -0.05) is 0 Å². The zero-order chi connectivity index (χ0) is 13.2. The molecule has 17 heavy (non-hydrogen) atoms. The van der Waals surface area contributed by atoms with Gasteiger partial charge in [-0.05, 0) is 6.92 Å². The molecule has 0 bridgehead atoms. The molecular weight excluding hydrogens is 234 g/mol. The van der Waals surface area contributed by atoms with E-state index in [9.17, 15) is 15.0 Å². The summed E-state index contributed by atoms with van der Waals surface area (Å²) < 4.78 is 9.89. The second-order valence-electron chi connectivity index (χ2n) is 3.90. The van der Waals surface area contributed by atoms with Crippen molar-refractivity contribution >= 4 is 5.97 Å². The first-order chi connectivity index (χ1) is 7.88. The fraction of sp³-hybridized carbons (Fsp3) is 0.889. The zero-order valence-electron chi connectivity index (χ0n) is 9.26. The number of carboxylic acid groups (broad SMARTS) is 1. The average Bonchev–Trinajstić information content (AvgIpc) is 2.28. The Hall–Kier alpha value is -0.770. The minimum absolute atomic E-state index is 0.535. The van der Waals surface area contributed by atoms with Crippen molar-refractivity contribution in [3.8, 4) is 0 Å². The quantitative estimate of drug-likeness (QED) is 0.361. The van der Waals surface area contributed by atoms with Gasteiger partial charge in [0.1, 0.15) is 18.3 Å². The first-order valence-corrected chi connectivity index (χ1v) is 5.14. The molecule has 8 nitrogen and oxygen atoms in total. The summed E-state index contributed by atoms with van der Waals surface area (Å²) in [5.41, 5.74) is 5.54. The van der Waals surface area contributed by atoms with E-state index in [2.05, 4.69) is 0 Å². The van der Waals surface area contributed by atoms with Crippen LogP contribution in [0, 0.1) is 0 Å². The molecule has 0 aromatic carbocycles. The van der Waals surface area contributed by atoms with Crippen LogP contribution in [0.3, 0.4) is 0 Å². The van der Waals surface area contributed by atoms with E-state index < -0.39 is 49.3 Å². The summed E-state index contributed by atoms with van der Waals surface area (Å²) in [6.45, 7) is 0.740. The van der Waals surface area contributed by atoms with Crippen molar-refractivity contribution < 1.29 is 34.7 Å². The van der Waals surface area contributed by atoms with Gasteiger partial charge in [0.05, 0.1) is 12.6 Å². The third kappa shape index (κ3) is 3.12. The topological polar surface area (TPSA) is 142 Å². The predicted octanol–water partition coefficient (Wildman–Crippen LogP) is -2.76. The Morgan fingerprint density at radius 2 is 2.12 bits per heavy atom. The van der Waals surface area contributed by atoms with Crippen molar-refractivity contribution in [2.24, 2.45) is 5.73 Å². The molecule has 0 aromatic rings. The van der Waals surface area contributed by atoms with Crippen molar-refractivity contribution in [3.63, 3.8) is 0 Å². The molecule has 1 rings (SSSR count). The van der Waals surface area contributed by atoms with Gasteiger partial charge in [-0.2, -0.15) is 0 Å². The number of hydrogen-bond donors (Lipinski definition) is 5. The van der Waals surface area contributed by atoms with Crippen LogP contribution in [0.5, 0.6) is 0 Å². The van der Waals surface area contributed by atoms with Crippen LogP contribution in [0.15, 0.2) is 0 Å². The molecule has 0 unspecified atom stereocenters. The highest BCUT2D eigenvalue weighted by Gasteiger charge is 2.44. The summed E-state index contributed by atoms with van der Waals surface area (Å²) in [4.78, 5) is 10.6. The van der Waals surface area contributed by atoms with E-state index in [0.717, 1.165) is 0 Å². The second-order valence-corrected chi connectivity index (χ2v) is 3.90. The van der Waals surface area contributed by atoms with Gasteiger partial charge in [0, 0.05) is 0 Å². The summed E-state index contributed by atoms with van der Waals surface area (Å²) in [6.07, 6.45) is -6.11. The smallest absolute Gasteiger partial charge is 0.332 e. The van der Waals surface area contributed by atoms with Crippen LogP contribution < -0.4 is 5.73 Å². The molecule has 100 valence electrons. The molecule has 0 saturated carbocycles. The maximum Gasteiger partial charge on any atom is 0.332 e. The number of aliphatic carboxylic acids is 1. The summed E-state index contributed by atoms with van der Waals surface area (Å²) in [6, 6.07) is -1.09. The third-order valence-electron chi connectivity index (χ3n) is 2.63. The van der Waals surface area contributed by atoms with E-state index in [1.165, 1.54) is 6.92 Å². The number of carboxylic acids is 1. The lowest BCUT2D eigenvalue weighted by molar-refractivity contribution is -0.262. The molecule has 1 heterocycles. The molecule has 6 atom stereocenters. The molecule has 6 N–H and O–H groups in total. The Balaban J connectivity index is 2.74. The van der Waals surface area contributed by atoms with Crippen LogP contribution in [0.4, 0.5) is 0 Å². The first kappa shape index (κ1) is 14.3. The Morgan fingerprint density at radius 1 is 1.53 bits per heavy atom. The van der Waals surface area contributed by atoms with Gasteiger partial charge in [0.15, 0.2) is 12.4 Å². The van der Waals surface area contributed by atoms with E-state index in [1.54, 1.807) is 0 Å². The van der Waals surface area contributed by atoms with Crippen LogP contribution in [-0.2, 0) is 14.3 Å². The highest BCUT2D eigenvalue weighted by molar-refractivity contribution is 5.71. The summed E-state index contributed by atoms with van der Waals surface area (Å²) >= 11 is 0. The lowest BCUT2D eigenvalue weighted by atomic mass is 9.97. The van der Waals surface area contributed by atoms with E-state index in [0.29, 0.717) is 0 Å². The number of aliphatic hydroxyl groups excluding tert-OH is 3. The Morgan fingerprint density at radius 3 is 2.59 bits per heavy atom. The fourth-order valence-electron chi connectivity index (χ4n) is 1.57. The molecule has 1 saturated heterocycles. The number of ether oxygens (including phenoxy) is 2. The number of hydrogen-bond acceptors (Lipinski definition) is 7. The first-order valence-electron chi connectivity index (χ1n) is 5.14. The van der Waals surface area contributed by atoms with Gasteiger partial charge < -0.3 is 35.6 Å². The largest absolute Gasteiger partial charge is 0.479 e. The molecule has 1 aliphatic heterocycles. The lowest BCUT2D eigenvalue weighted by Gasteiger charge is -2.41. The zero-order valence-corrected chi connectivity index (χ0v) is 9.26. The van der Waals surface area contributed by atoms with E-state index in [1.807, 2.05) is 0 Å². The Kier molecular flexibility index (Phi) is 4.80. The van der Waals surface area contributed by atoms with Gasteiger partial charge in [-0.3, -0.25) is 0 Å². The average molecular weight is 251 g/mol. The third-order valence-corrected chi connectivity index (χ3v) is 2.63.